The summed E-state index contributed by atoms with van der Waals surface area (Å²) in [6.45, 7) is 6.16. The molecule has 0 saturated heterocycles. The van der Waals surface area contributed by atoms with Crippen molar-refractivity contribution >= 4 is 12.1 Å². The zero-order valence-corrected chi connectivity index (χ0v) is 8.52. The number of fused-ring (bicyclic) bond motifs is 2. The van der Waals surface area contributed by atoms with Gasteiger partial charge >= 0.3 is 0 Å². The van der Waals surface area contributed by atoms with Crippen LogP contribution >= 0.6 is 0 Å². The largest absolute Gasteiger partial charge is 0.303 e. The third-order valence-electron chi connectivity index (χ3n) is 5.01. The van der Waals surface area contributed by atoms with Crippen molar-refractivity contribution in [2.45, 2.75) is 40.0 Å². The van der Waals surface area contributed by atoms with Gasteiger partial charge in [0.2, 0.25) is 0 Å². The molecule has 0 amide bonds. The van der Waals surface area contributed by atoms with E-state index in [2.05, 4.69) is 13.8 Å². The van der Waals surface area contributed by atoms with Gasteiger partial charge in [-0.25, -0.2) is 0 Å². The van der Waals surface area contributed by atoms with Crippen molar-refractivity contribution in [3.05, 3.63) is 0 Å². The summed E-state index contributed by atoms with van der Waals surface area (Å²) >= 11 is 0. The Bertz CT molecular complexity index is 292. The van der Waals surface area contributed by atoms with Crippen LogP contribution in [0.25, 0.3) is 0 Å². The highest BCUT2D eigenvalue weighted by Gasteiger charge is 2.69. The maximum atomic E-state index is 11.8. The Balaban J connectivity index is 2.59. The van der Waals surface area contributed by atoms with E-state index in [0.29, 0.717) is 6.42 Å². The summed E-state index contributed by atoms with van der Waals surface area (Å²) in [6, 6.07) is 0. The first-order valence-electron chi connectivity index (χ1n) is 4.89. The molecule has 2 aliphatic carbocycles. The molecule has 0 aliphatic heterocycles. The zero-order chi connectivity index (χ0) is 9.91. The third kappa shape index (κ3) is 0.673. The molecule has 2 aliphatic rings. The maximum absolute atomic E-state index is 11.8. The van der Waals surface area contributed by atoms with Crippen molar-refractivity contribution in [1.29, 1.82) is 0 Å². The topological polar surface area (TPSA) is 34.1 Å². The number of carbonyl (C=O) groups is 2. The van der Waals surface area contributed by atoms with E-state index in [1.807, 2.05) is 6.92 Å². The molecule has 0 radical (unpaired) electrons. The standard InChI is InChI=1S/C11H16O2/c1-9(2)10(3)4-5-11(9,7-12)6-8(10)13/h7H,4-6H2,1-3H3/t10-,11-/m1/s1. The van der Waals surface area contributed by atoms with E-state index in [1.54, 1.807) is 0 Å². The lowest BCUT2D eigenvalue weighted by molar-refractivity contribution is -0.128. The summed E-state index contributed by atoms with van der Waals surface area (Å²) in [4.78, 5) is 22.9. The van der Waals surface area contributed by atoms with Gasteiger partial charge in [0.15, 0.2) is 0 Å². The van der Waals surface area contributed by atoms with Crippen LogP contribution in [0, 0.1) is 16.2 Å². The molecule has 2 bridgehead atoms. The second kappa shape index (κ2) is 2.05. The van der Waals surface area contributed by atoms with Gasteiger partial charge in [-0.2, -0.15) is 0 Å². The van der Waals surface area contributed by atoms with Crippen LogP contribution in [0.5, 0.6) is 0 Å². The van der Waals surface area contributed by atoms with Gasteiger partial charge in [-0.1, -0.05) is 20.8 Å². The lowest BCUT2D eigenvalue weighted by atomic mass is 9.66. The molecule has 0 unspecified atom stereocenters. The molecule has 0 aromatic carbocycles. The molecule has 2 nitrogen and oxygen atoms in total. The molecule has 0 spiro atoms. The summed E-state index contributed by atoms with van der Waals surface area (Å²) in [5.41, 5.74) is -0.731. The second-order valence-electron chi connectivity index (χ2n) is 5.33. The van der Waals surface area contributed by atoms with Crippen molar-refractivity contribution in [3.63, 3.8) is 0 Å². The Morgan fingerprint density at radius 2 is 1.85 bits per heavy atom. The van der Waals surface area contributed by atoms with Gasteiger partial charge < -0.3 is 4.79 Å². The highest BCUT2D eigenvalue weighted by Crippen LogP contribution is 2.69. The predicted molar refractivity (Wildman–Crippen MR) is 49.2 cm³/mol. The molecule has 2 heteroatoms. The summed E-state index contributed by atoms with van der Waals surface area (Å²) in [6.07, 6.45) is 3.28. The van der Waals surface area contributed by atoms with E-state index in [0.717, 1.165) is 19.1 Å². The smallest absolute Gasteiger partial charge is 0.140 e. The summed E-state index contributed by atoms with van der Waals surface area (Å²) in [7, 11) is 0. The van der Waals surface area contributed by atoms with Crippen LogP contribution in [-0.4, -0.2) is 12.1 Å². The van der Waals surface area contributed by atoms with Crippen LogP contribution in [0.1, 0.15) is 40.0 Å². The van der Waals surface area contributed by atoms with Gasteiger partial charge in [0.1, 0.15) is 12.1 Å². The average Bonchev–Trinajstić information content (AvgIpc) is 2.34. The quantitative estimate of drug-likeness (QED) is 0.578. The van der Waals surface area contributed by atoms with E-state index in [1.165, 1.54) is 0 Å². The molecular weight excluding hydrogens is 164 g/mol. The summed E-state index contributed by atoms with van der Waals surface area (Å²) < 4.78 is 0. The minimum Gasteiger partial charge on any atom is -0.303 e. The molecule has 2 atom stereocenters. The summed E-state index contributed by atoms with van der Waals surface area (Å²) in [5.74, 6) is 0.288. The molecule has 13 heavy (non-hydrogen) atoms. The Kier molecular flexibility index (Phi) is 1.40. The number of carbonyl (C=O) groups excluding carboxylic acids is 2. The number of Topliss-reactive ketones (excluding diaryl/α,β-unsaturated/α-hetero) is 1. The van der Waals surface area contributed by atoms with Gasteiger partial charge in [0.25, 0.3) is 0 Å². The van der Waals surface area contributed by atoms with Gasteiger partial charge in [0, 0.05) is 17.3 Å². The summed E-state index contributed by atoms with van der Waals surface area (Å²) in [5, 5.41) is 0. The van der Waals surface area contributed by atoms with Gasteiger partial charge in [-0.05, 0) is 18.3 Å². The Hall–Kier alpha value is -0.660. The first-order valence-corrected chi connectivity index (χ1v) is 4.89. The molecule has 0 heterocycles. The number of hydrogen-bond acceptors (Lipinski definition) is 2. The zero-order valence-electron chi connectivity index (χ0n) is 8.52. The monoisotopic (exact) mass is 180 g/mol. The van der Waals surface area contributed by atoms with E-state index < -0.39 is 0 Å². The maximum Gasteiger partial charge on any atom is 0.140 e. The van der Waals surface area contributed by atoms with Crippen LogP contribution in [0.15, 0.2) is 0 Å². The number of ketones is 1. The molecule has 2 rings (SSSR count). The molecular formula is C11H16O2. The number of rotatable bonds is 1. The predicted octanol–water partition coefficient (Wildman–Crippen LogP) is 1.97. The molecule has 72 valence electrons. The van der Waals surface area contributed by atoms with Gasteiger partial charge in [0.05, 0.1) is 0 Å². The van der Waals surface area contributed by atoms with E-state index in [-0.39, 0.29) is 22.0 Å². The lowest BCUT2D eigenvalue weighted by Gasteiger charge is -2.36. The molecule has 0 aromatic heterocycles. The van der Waals surface area contributed by atoms with Crippen LogP contribution in [0.2, 0.25) is 0 Å². The van der Waals surface area contributed by atoms with Crippen molar-refractivity contribution in [2.24, 2.45) is 16.2 Å². The Labute approximate surface area is 78.7 Å². The molecule has 0 aromatic rings. The van der Waals surface area contributed by atoms with E-state index >= 15 is 0 Å². The number of hydrogen-bond donors (Lipinski definition) is 0. The minimum atomic E-state index is -0.348. The van der Waals surface area contributed by atoms with Gasteiger partial charge in [-0.3, -0.25) is 4.79 Å². The number of aldehydes is 1. The van der Waals surface area contributed by atoms with E-state index in [4.69, 9.17) is 0 Å². The fourth-order valence-corrected chi connectivity index (χ4v) is 3.17. The third-order valence-corrected chi connectivity index (χ3v) is 5.01. The van der Waals surface area contributed by atoms with Crippen LogP contribution in [-0.2, 0) is 9.59 Å². The average molecular weight is 180 g/mol. The Morgan fingerprint density at radius 3 is 2.08 bits per heavy atom. The fourth-order valence-electron chi connectivity index (χ4n) is 3.17. The molecule has 2 fully saturated rings. The van der Waals surface area contributed by atoms with Crippen LogP contribution in [0.3, 0.4) is 0 Å². The first-order chi connectivity index (χ1) is 5.90. The first kappa shape index (κ1) is 8.92. The highest BCUT2D eigenvalue weighted by atomic mass is 16.1. The van der Waals surface area contributed by atoms with Crippen LogP contribution < -0.4 is 0 Å². The highest BCUT2D eigenvalue weighted by molar-refractivity contribution is 5.94. The minimum absolute atomic E-state index is 0.140. The second-order valence-corrected chi connectivity index (χ2v) is 5.33. The van der Waals surface area contributed by atoms with Crippen molar-refractivity contribution in [1.82, 2.24) is 0 Å². The normalized spacial score (nSPS) is 46.8. The van der Waals surface area contributed by atoms with E-state index in [9.17, 15) is 9.59 Å². The molecule has 0 N–H and O–H groups in total. The molecule has 2 saturated carbocycles. The lowest BCUT2D eigenvalue weighted by Crippen LogP contribution is -2.36. The SMILES string of the molecule is CC1(C)[C@]2(C=O)CC[C@]1(C)C(=O)C2. The van der Waals surface area contributed by atoms with Crippen molar-refractivity contribution in [2.75, 3.05) is 0 Å². The van der Waals surface area contributed by atoms with Crippen molar-refractivity contribution in [3.8, 4) is 0 Å². The fraction of sp³-hybridized carbons (Fsp3) is 0.818. The van der Waals surface area contributed by atoms with Crippen LogP contribution in [0.4, 0.5) is 0 Å². The van der Waals surface area contributed by atoms with Gasteiger partial charge in [-0.15, -0.1) is 0 Å². The van der Waals surface area contributed by atoms with Crippen molar-refractivity contribution < 1.29 is 9.59 Å². The Morgan fingerprint density at radius 1 is 1.23 bits per heavy atom.